The van der Waals surface area contributed by atoms with Gasteiger partial charge in [0.25, 0.3) is 0 Å². The molecule has 2 N–H and O–H groups in total. The number of benzene rings is 1. The van der Waals surface area contributed by atoms with E-state index < -0.39 is 0 Å². The van der Waals surface area contributed by atoms with Gasteiger partial charge in [-0.25, -0.2) is 4.79 Å². The van der Waals surface area contributed by atoms with Gasteiger partial charge in [-0.1, -0.05) is 24.3 Å². The zero-order chi connectivity index (χ0) is 15.9. The molecule has 1 aromatic carbocycles. The first kappa shape index (κ1) is 16.1. The van der Waals surface area contributed by atoms with Crippen LogP contribution in [0.2, 0.25) is 0 Å². The van der Waals surface area contributed by atoms with Crippen LogP contribution in [0.1, 0.15) is 43.2 Å². The minimum atomic E-state index is -0.136. The third-order valence-corrected chi connectivity index (χ3v) is 3.78. The second-order valence-corrected chi connectivity index (χ2v) is 5.72. The van der Waals surface area contributed by atoms with Gasteiger partial charge >= 0.3 is 6.03 Å². The van der Waals surface area contributed by atoms with Gasteiger partial charge in [-0.05, 0) is 50.5 Å². The van der Waals surface area contributed by atoms with Crippen LogP contribution >= 0.6 is 0 Å². The maximum Gasteiger partial charge on any atom is 0.315 e. The quantitative estimate of drug-likeness (QED) is 0.848. The molecule has 0 unspecified atom stereocenters. The van der Waals surface area contributed by atoms with Gasteiger partial charge in [0.15, 0.2) is 0 Å². The Balaban J connectivity index is 1.78. The molecule has 4 heteroatoms. The Morgan fingerprint density at radius 3 is 2.59 bits per heavy atom. The van der Waals surface area contributed by atoms with Crippen LogP contribution in [0.25, 0.3) is 0 Å². The summed E-state index contributed by atoms with van der Waals surface area (Å²) in [5.74, 6) is 0.947. The molecule has 118 valence electrons. The van der Waals surface area contributed by atoms with Crippen LogP contribution in [0, 0.1) is 6.92 Å². The van der Waals surface area contributed by atoms with Gasteiger partial charge in [-0.15, -0.1) is 0 Å². The number of aryl methyl sites for hydroxylation is 2. The lowest BCUT2D eigenvalue weighted by Crippen LogP contribution is -2.42. The van der Waals surface area contributed by atoms with Crippen LogP contribution in [-0.4, -0.2) is 12.1 Å². The molecule has 0 bridgehead atoms. The zero-order valence-corrected chi connectivity index (χ0v) is 13.4. The van der Waals surface area contributed by atoms with Crippen molar-refractivity contribution in [2.24, 2.45) is 0 Å². The molecule has 2 rings (SSSR count). The molecule has 1 heterocycles. The Labute approximate surface area is 131 Å². The number of furan rings is 1. The Hall–Kier alpha value is -2.23. The first-order chi connectivity index (χ1) is 10.6. The van der Waals surface area contributed by atoms with Crippen molar-refractivity contribution in [1.29, 1.82) is 0 Å². The molecule has 2 aromatic rings. The zero-order valence-electron chi connectivity index (χ0n) is 13.4. The maximum absolute atomic E-state index is 12.1. The summed E-state index contributed by atoms with van der Waals surface area (Å²) >= 11 is 0. The molecule has 2 amide bonds. The highest BCUT2D eigenvalue weighted by Gasteiger charge is 2.13. The molecule has 22 heavy (non-hydrogen) atoms. The van der Waals surface area contributed by atoms with Crippen molar-refractivity contribution in [2.75, 3.05) is 0 Å². The summed E-state index contributed by atoms with van der Waals surface area (Å²) in [4.78, 5) is 12.1. The Morgan fingerprint density at radius 2 is 1.91 bits per heavy atom. The smallest absolute Gasteiger partial charge is 0.315 e. The van der Waals surface area contributed by atoms with E-state index in [1.807, 2.05) is 44.2 Å². The highest BCUT2D eigenvalue weighted by molar-refractivity contribution is 5.74. The van der Waals surface area contributed by atoms with Gasteiger partial charge in [-0.2, -0.15) is 0 Å². The summed E-state index contributed by atoms with van der Waals surface area (Å²) in [6.07, 6.45) is 3.34. The number of nitrogens with one attached hydrogen (secondary N) is 2. The SMILES string of the molecule is Cc1ccccc1[C@H](C)NC(=O)N[C@H](C)CCc1ccco1. The highest BCUT2D eigenvalue weighted by Crippen LogP contribution is 2.16. The first-order valence-electron chi connectivity index (χ1n) is 7.71. The highest BCUT2D eigenvalue weighted by atomic mass is 16.3. The fourth-order valence-corrected chi connectivity index (χ4v) is 2.50. The van der Waals surface area contributed by atoms with E-state index in [0.717, 1.165) is 24.2 Å². The fourth-order valence-electron chi connectivity index (χ4n) is 2.50. The summed E-state index contributed by atoms with van der Waals surface area (Å²) in [6.45, 7) is 6.05. The van der Waals surface area contributed by atoms with Gasteiger partial charge in [0, 0.05) is 12.5 Å². The summed E-state index contributed by atoms with van der Waals surface area (Å²) in [5, 5.41) is 5.96. The third-order valence-electron chi connectivity index (χ3n) is 3.78. The lowest BCUT2D eigenvalue weighted by molar-refractivity contribution is 0.234. The number of hydrogen-bond donors (Lipinski definition) is 2. The molecule has 0 radical (unpaired) electrons. The molecule has 0 aliphatic heterocycles. The largest absolute Gasteiger partial charge is 0.469 e. The van der Waals surface area contributed by atoms with Crippen LogP contribution in [0.15, 0.2) is 47.1 Å². The topological polar surface area (TPSA) is 54.3 Å². The molecule has 1 aromatic heterocycles. The van der Waals surface area contributed by atoms with E-state index in [0.29, 0.717) is 0 Å². The predicted octanol–water partition coefficient (Wildman–Crippen LogP) is 3.97. The molecular weight excluding hydrogens is 276 g/mol. The minimum Gasteiger partial charge on any atom is -0.469 e. The normalized spacial score (nSPS) is 13.4. The van der Waals surface area contributed by atoms with E-state index in [4.69, 9.17) is 4.42 Å². The van der Waals surface area contributed by atoms with Crippen molar-refractivity contribution in [3.63, 3.8) is 0 Å². The second kappa shape index (κ2) is 7.69. The van der Waals surface area contributed by atoms with Crippen LogP contribution in [0.4, 0.5) is 4.79 Å². The Kier molecular flexibility index (Phi) is 5.64. The Morgan fingerprint density at radius 1 is 1.14 bits per heavy atom. The van der Waals surface area contributed by atoms with Crippen LogP contribution in [0.5, 0.6) is 0 Å². The average Bonchev–Trinajstić information content (AvgIpc) is 2.98. The summed E-state index contributed by atoms with van der Waals surface area (Å²) < 4.78 is 5.30. The van der Waals surface area contributed by atoms with Crippen molar-refractivity contribution in [1.82, 2.24) is 10.6 Å². The van der Waals surface area contributed by atoms with E-state index in [1.54, 1.807) is 6.26 Å². The summed E-state index contributed by atoms with van der Waals surface area (Å²) in [6, 6.07) is 11.9. The molecule has 0 saturated carbocycles. The van der Waals surface area contributed by atoms with Gasteiger partial charge < -0.3 is 15.1 Å². The maximum atomic E-state index is 12.1. The van der Waals surface area contributed by atoms with Crippen molar-refractivity contribution < 1.29 is 9.21 Å². The molecule has 0 spiro atoms. The van der Waals surface area contributed by atoms with Crippen LogP contribution < -0.4 is 10.6 Å². The molecule has 2 atom stereocenters. The molecule has 0 aliphatic rings. The standard InChI is InChI=1S/C18H24N2O2/c1-13-7-4-5-9-17(13)15(3)20-18(21)19-14(2)10-11-16-8-6-12-22-16/h4-9,12,14-15H,10-11H2,1-3H3,(H2,19,20,21)/t14-,15+/m1/s1. The van der Waals surface area contributed by atoms with E-state index in [9.17, 15) is 4.79 Å². The molecular formula is C18H24N2O2. The first-order valence-corrected chi connectivity index (χ1v) is 7.71. The molecule has 0 saturated heterocycles. The van der Waals surface area contributed by atoms with E-state index in [2.05, 4.69) is 23.6 Å². The van der Waals surface area contributed by atoms with Crippen molar-refractivity contribution >= 4 is 6.03 Å². The van der Waals surface area contributed by atoms with Gasteiger partial charge in [0.05, 0.1) is 12.3 Å². The van der Waals surface area contributed by atoms with E-state index >= 15 is 0 Å². The van der Waals surface area contributed by atoms with Crippen LogP contribution in [0.3, 0.4) is 0 Å². The molecule has 0 fully saturated rings. The van der Waals surface area contributed by atoms with Crippen LogP contribution in [-0.2, 0) is 6.42 Å². The fraction of sp³-hybridized carbons (Fsp3) is 0.389. The molecule has 4 nitrogen and oxygen atoms in total. The number of hydrogen-bond acceptors (Lipinski definition) is 2. The number of amides is 2. The lowest BCUT2D eigenvalue weighted by Gasteiger charge is -2.19. The number of carbonyl (C=O) groups excluding carboxylic acids is 1. The van der Waals surface area contributed by atoms with Crippen molar-refractivity contribution in [2.45, 2.75) is 45.7 Å². The summed E-state index contributed by atoms with van der Waals surface area (Å²) in [5.41, 5.74) is 2.32. The average molecular weight is 300 g/mol. The third kappa shape index (κ3) is 4.65. The summed E-state index contributed by atoms with van der Waals surface area (Å²) in [7, 11) is 0. The monoisotopic (exact) mass is 300 g/mol. The number of urea groups is 1. The van der Waals surface area contributed by atoms with E-state index in [-0.39, 0.29) is 18.1 Å². The van der Waals surface area contributed by atoms with Crippen molar-refractivity contribution in [3.05, 3.63) is 59.5 Å². The van der Waals surface area contributed by atoms with Crippen molar-refractivity contribution in [3.8, 4) is 0 Å². The lowest BCUT2D eigenvalue weighted by atomic mass is 10.0. The van der Waals surface area contributed by atoms with Gasteiger partial charge in [-0.3, -0.25) is 0 Å². The predicted molar refractivity (Wildman–Crippen MR) is 87.8 cm³/mol. The minimum absolute atomic E-state index is 0.0153. The number of carbonyl (C=O) groups is 1. The van der Waals surface area contributed by atoms with Gasteiger partial charge in [0.2, 0.25) is 0 Å². The second-order valence-electron chi connectivity index (χ2n) is 5.72. The van der Waals surface area contributed by atoms with E-state index in [1.165, 1.54) is 5.56 Å². The molecule has 0 aliphatic carbocycles. The Bertz CT molecular complexity index is 593. The van der Waals surface area contributed by atoms with Gasteiger partial charge in [0.1, 0.15) is 5.76 Å². The number of rotatable bonds is 6.